The van der Waals surface area contributed by atoms with Crippen LogP contribution in [0.4, 0.5) is 0 Å². The van der Waals surface area contributed by atoms with Crippen LogP contribution in [0.25, 0.3) is 0 Å². The molecule has 0 atom stereocenters. The minimum absolute atomic E-state index is 0.297. The number of unbranched alkanes of at least 4 members (excludes halogenated alkanes) is 2. The molecule has 16 heavy (non-hydrogen) atoms. The number of hydrogen-bond donors (Lipinski definition) is 0. The second-order valence-corrected chi connectivity index (χ2v) is 3.38. The quantitative estimate of drug-likeness (QED) is 0.200. The van der Waals surface area contributed by atoms with E-state index in [-0.39, 0.29) is 0 Å². The first-order valence-corrected chi connectivity index (χ1v) is 5.71. The summed E-state index contributed by atoms with van der Waals surface area (Å²) in [5.74, 6) is -1.49. The molecule has 4 heteroatoms. The molecule has 0 N–H and O–H groups in total. The van der Waals surface area contributed by atoms with Crippen molar-refractivity contribution in [3.63, 3.8) is 0 Å². The maximum atomic E-state index is 11.1. The molecule has 0 heterocycles. The number of carbonyl (C=O) groups is 2. The van der Waals surface area contributed by atoms with Crippen molar-refractivity contribution in [1.29, 1.82) is 0 Å². The summed E-state index contributed by atoms with van der Waals surface area (Å²) in [7, 11) is 0. The Bertz CT molecular complexity index is 233. The highest BCUT2D eigenvalue weighted by atomic mass is 16.5. The Morgan fingerprint density at radius 2 is 1.69 bits per heavy atom. The summed E-state index contributed by atoms with van der Waals surface area (Å²) in [6.07, 6.45) is 6.01. The molecule has 0 rings (SSSR count). The van der Waals surface area contributed by atoms with Crippen LogP contribution >= 0.6 is 0 Å². The standard InChI is InChI=1S/C12H20O4/c1-3-5-8-15-10-7-11(13)12(14)16-9-6-4-2/h7,10H,3-6,8-9H2,1-2H3. The van der Waals surface area contributed by atoms with Gasteiger partial charge in [0.1, 0.15) is 0 Å². The van der Waals surface area contributed by atoms with Gasteiger partial charge in [-0.15, -0.1) is 0 Å². The largest absolute Gasteiger partial charge is 0.501 e. The van der Waals surface area contributed by atoms with Gasteiger partial charge < -0.3 is 9.47 Å². The lowest BCUT2D eigenvalue weighted by Gasteiger charge is -2.00. The van der Waals surface area contributed by atoms with Gasteiger partial charge in [0.15, 0.2) is 0 Å². The zero-order valence-electron chi connectivity index (χ0n) is 10.0. The van der Waals surface area contributed by atoms with Crippen LogP contribution in [0.1, 0.15) is 39.5 Å². The average molecular weight is 228 g/mol. The van der Waals surface area contributed by atoms with Gasteiger partial charge in [0.25, 0.3) is 5.78 Å². The number of rotatable bonds is 9. The van der Waals surface area contributed by atoms with E-state index in [1.807, 2.05) is 13.8 Å². The van der Waals surface area contributed by atoms with Gasteiger partial charge in [-0.2, -0.15) is 0 Å². The second kappa shape index (κ2) is 10.2. The van der Waals surface area contributed by atoms with Crippen molar-refractivity contribution in [2.45, 2.75) is 39.5 Å². The summed E-state index contributed by atoms with van der Waals surface area (Å²) >= 11 is 0. The molecule has 4 nitrogen and oxygen atoms in total. The summed E-state index contributed by atoms with van der Waals surface area (Å²) in [6, 6.07) is 0. The van der Waals surface area contributed by atoms with Crippen LogP contribution in [0.5, 0.6) is 0 Å². The lowest BCUT2D eigenvalue weighted by Crippen LogP contribution is -2.15. The first-order chi connectivity index (χ1) is 7.72. The van der Waals surface area contributed by atoms with Gasteiger partial charge in [0, 0.05) is 6.08 Å². The molecular weight excluding hydrogens is 208 g/mol. The fraction of sp³-hybridized carbons (Fsp3) is 0.667. The highest BCUT2D eigenvalue weighted by Crippen LogP contribution is 1.92. The Morgan fingerprint density at radius 3 is 2.31 bits per heavy atom. The smallest absolute Gasteiger partial charge is 0.379 e. The lowest BCUT2D eigenvalue weighted by atomic mass is 10.3. The van der Waals surface area contributed by atoms with Gasteiger partial charge in [-0.3, -0.25) is 4.79 Å². The van der Waals surface area contributed by atoms with Crippen LogP contribution in [0.15, 0.2) is 12.3 Å². The van der Waals surface area contributed by atoms with Crippen LogP contribution in [0.3, 0.4) is 0 Å². The Morgan fingerprint density at radius 1 is 1.06 bits per heavy atom. The molecule has 0 aliphatic carbocycles. The third kappa shape index (κ3) is 8.03. The van der Waals surface area contributed by atoms with Crippen LogP contribution in [0.2, 0.25) is 0 Å². The van der Waals surface area contributed by atoms with E-state index in [1.165, 1.54) is 6.26 Å². The van der Waals surface area contributed by atoms with Gasteiger partial charge in [-0.05, 0) is 12.8 Å². The van der Waals surface area contributed by atoms with Crippen LogP contribution in [0, 0.1) is 0 Å². The number of hydrogen-bond acceptors (Lipinski definition) is 4. The van der Waals surface area contributed by atoms with E-state index in [0.29, 0.717) is 13.2 Å². The molecule has 0 saturated heterocycles. The summed E-state index contributed by atoms with van der Waals surface area (Å²) in [5.41, 5.74) is 0. The number of carbonyl (C=O) groups excluding carboxylic acids is 2. The molecule has 0 fully saturated rings. The first kappa shape index (κ1) is 14.7. The third-order valence-electron chi connectivity index (χ3n) is 1.86. The van der Waals surface area contributed by atoms with E-state index >= 15 is 0 Å². The normalized spacial score (nSPS) is 10.4. The first-order valence-electron chi connectivity index (χ1n) is 5.71. The van der Waals surface area contributed by atoms with E-state index in [2.05, 4.69) is 0 Å². The minimum atomic E-state index is -0.816. The van der Waals surface area contributed by atoms with Crippen molar-refractivity contribution in [3.8, 4) is 0 Å². The van der Waals surface area contributed by atoms with E-state index < -0.39 is 11.8 Å². The van der Waals surface area contributed by atoms with Gasteiger partial charge in [-0.1, -0.05) is 26.7 Å². The molecule has 0 aromatic rings. The van der Waals surface area contributed by atoms with Gasteiger partial charge >= 0.3 is 5.97 Å². The fourth-order valence-electron chi connectivity index (χ4n) is 0.854. The molecule has 0 saturated carbocycles. The molecule has 0 radical (unpaired) electrons. The van der Waals surface area contributed by atoms with Crippen LogP contribution in [-0.2, 0) is 19.1 Å². The molecule has 0 spiro atoms. The summed E-state index contributed by atoms with van der Waals surface area (Å²) in [4.78, 5) is 22.2. The van der Waals surface area contributed by atoms with Crippen LogP contribution in [-0.4, -0.2) is 25.0 Å². The summed E-state index contributed by atoms with van der Waals surface area (Å²) in [5, 5.41) is 0. The maximum Gasteiger partial charge on any atom is 0.379 e. The fourth-order valence-corrected chi connectivity index (χ4v) is 0.854. The zero-order valence-corrected chi connectivity index (χ0v) is 10.0. The topological polar surface area (TPSA) is 52.6 Å². The minimum Gasteiger partial charge on any atom is -0.501 e. The molecule has 0 amide bonds. The highest BCUT2D eigenvalue weighted by molar-refractivity contribution is 6.38. The van der Waals surface area contributed by atoms with E-state index in [1.54, 1.807) is 0 Å². The Hall–Kier alpha value is -1.32. The second-order valence-electron chi connectivity index (χ2n) is 3.38. The number of ether oxygens (including phenoxy) is 2. The molecule has 0 aliphatic heterocycles. The number of esters is 1. The summed E-state index contributed by atoms with van der Waals surface area (Å²) < 4.78 is 9.74. The van der Waals surface area contributed by atoms with Crippen molar-refractivity contribution >= 4 is 11.8 Å². The SMILES string of the molecule is CCCCOC=CC(=O)C(=O)OCCCC. The average Bonchev–Trinajstić information content (AvgIpc) is 2.28. The molecular formula is C12H20O4. The maximum absolute atomic E-state index is 11.1. The zero-order chi connectivity index (χ0) is 12.2. The monoisotopic (exact) mass is 228 g/mol. The third-order valence-corrected chi connectivity index (χ3v) is 1.86. The highest BCUT2D eigenvalue weighted by Gasteiger charge is 2.10. The molecule has 92 valence electrons. The van der Waals surface area contributed by atoms with Crippen molar-refractivity contribution in [1.82, 2.24) is 0 Å². The van der Waals surface area contributed by atoms with E-state index in [0.717, 1.165) is 31.8 Å². The molecule has 0 aromatic heterocycles. The van der Waals surface area contributed by atoms with Crippen LogP contribution < -0.4 is 0 Å². The van der Waals surface area contributed by atoms with E-state index in [9.17, 15) is 9.59 Å². The van der Waals surface area contributed by atoms with Gasteiger partial charge in [-0.25, -0.2) is 4.79 Å². The molecule has 0 aliphatic rings. The predicted octanol–water partition coefficient (Wildman–Crippen LogP) is 2.23. The molecule has 0 bridgehead atoms. The Kier molecular flexibility index (Phi) is 9.36. The van der Waals surface area contributed by atoms with Crippen molar-refractivity contribution in [3.05, 3.63) is 12.3 Å². The summed E-state index contributed by atoms with van der Waals surface area (Å²) in [6.45, 7) is 4.89. The van der Waals surface area contributed by atoms with Gasteiger partial charge in [0.05, 0.1) is 19.5 Å². The van der Waals surface area contributed by atoms with Gasteiger partial charge in [0.2, 0.25) is 0 Å². The van der Waals surface area contributed by atoms with Crippen molar-refractivity contribution in [2.75, 3.05) is 13.2 Å². The molecule has 0 unspecified atom stereocenters. The Balaban J connectivity index is 3.65. The predicted molar refractivity (Wildman–Crippen MR) is 60.9 cm³/mol. The van der Waals surface area contributed by atoms with Crippen molar-refractivity contribution < 1.29 is 19.1 Å². The Labute approximate surface area is 96.6 Å². The number of ketones is 1. The van der Waals surface area contributed by atoms with E-state index in [4.69, 9.17) is 9.47 Å². The lowest BCUT2D eigenvalue weighted by molar-refractivity contribution is -0.151. The molecule has 0 aromatic carbocycles. The van der Waals surface area contributed by atoms with Crippen molar-refractivity contribution in [2.24, 2.45) is 0 Å².